The number of carbonyl (C=O) groups is 2. The third kappa shape index (κ3) is 3.72. The van der Waals surface area contributed by atoms with Crippen molar-refractivity contribution in [3.8, 4) is 0 Å². The number of carbonyl (C=O) groups excluding carboxylic acids is 2. The first-order valence-corrected chi connectivity index (χ1v) is 8.39. The SMILES string of the molecule is CC(C(=O)ON1C(=O)CCC1O)C(c1ccccc1)c1ccccc1. The Hall–Kier alpha value is -2.66. The highest BCUT2D eigenvalue weighted by molar-refractivity contribution is 5.81. The minimum absolute atomic E-state index is 0.184. The largest absolute Gasteiger partial charge is 0.370 e. The molecule has 1 heterocycles. The molecule has 3 rings (SSSR count). The molecule has 2 atom stereocenters. The fourth-order valence-electron chi connectivity index (χ4n) is 3.16. The zero-order chi connectivity index (χ0) is 17.8. The van der Waals surface area contributed by atoms with Crippen LogP contribution in [-0.4, -0.2) is 28.3 Å². The molecule has 1 aliphatic rings. The maximum absolute atomic E-state index is 12.7. The molecule has 1 N–H and O–H groups in total. The Bertz CT molecular complexity index is 692. The van der Waals surface area contributed by atoms with Crippen LogP contribution < -0.4 is 0 Å². The Labute approximate surface area is 146 Å². The van der Waals surface area contributed by atoms with Crippen molar-refractivity contribution >= 4 is 11.9 Å². The average molecular weight is 339 g/mol. The molecular weight excluding hydrogens is 318 g/mol. The molecule has 0 aliphatic carbocycles. The van der Waals surface area contributed by atoms with Gasteiger partial charge in [-0.1, -0.05) is 67.6 Å². The van der Waals surface area contributed by atoms with Gasteiger partial charge in [-0.3, -0.25) is 4.79 Å². The van der Waals surface area contributed by atoms with Crippen LogP contribution in [0, 0.1) is 5.92 Å². The molecule has 1 fully saturated rings. The van der Waals surface area contributed by atoms with Gasteiger partial charge >= 0.3 is 5.97 Å². The third-order valence-electron chi connectivity index (χ3n) is 4.51. The Morgan fingerprint density at radius 2 is 1.60 bits per heavy atom. The van der Waals surface area contributed by atoms with E-state index in [2.05, 4.69) is 0 Å². The van der Waals surface area contributed by atoms with Gasteiger partial charge in [0.25, 0.3) is 5.91 Å². The Balaban J connectivity index is 1.85. The molecule has 0 radical (unpaired) electrons. The first kappa shape index (κ1) is 17.2. The molecule has 2 aromatic rings. The molecule has 1 saturated heterocycles. The number of rotatable bonds is 5. The molecule has 0 spiro atoms. The molecule has 2 aromatic carbocycles. The van der Waals surface area contributed by atoms with E-state index in [1.54, 1.807) is 6.92 Å². The summed E-state index contributed by atoms with van der Waals surface area (Å²) in [5.41, 5.74) is 1.98. The fourth-order valence-corrected chi connectivity index (χ4v) is 3.16. The lowest BCUT2D eigenvalue weighted by atomic mass is 9.82. The summed E-state index contributed by atoms with van der Waals surface area (Å²) < 4.78 is 0. The number of benzene rings is 2. The molecule has 0 bridgehead atoms. The van der Waals surface area contributed by atoms with Crippen molar-refractivity contribution in [2.45, 2.75) is 31.9 Å². The number of nitrogens with zero attached hydrogens (tertiary/aromatic N) is 1. The van der Waals surface area contributed by atoms with Crippen LogP contribution in [0.15, 0.2) is 60.7 Å². The van der Waals surface area contributed by atoms with Crippen molar-refractivity contribution in [2.75, 3.05) is 0 Å². The lowest BCUT2D eigenvalue weighted by molar-refractivity contribution is -0.223. The van der Waals surface area contributed by atoms with Gasteiger partial charge < -0.3 is 9.94 Å². The molecular formula is C20H21NO4. The van der Waals surface area contributed by atoms with Gasteiger partial charge in [0.05, 0.1) is 5.92 Å². The maximum Gasteiger partial charge on any atom is 0.336 e. The van der Waals surface area contributed by atoms with E-state index in [1.807, 2.05) is 60.7 Å². The van der Waals surface area contributed by atoms with Crippen LogP contribution in [0.4, 0.5) is 0 Å². The van der Waals surface area contributed by atoms with Crippen molar-refractivity contribution in [2.24, 2.45) is 5.92 Å². The number of aliphatic hydroxyl groups is 1. The fraction of sp³-hybridized carbons (Fsp3) is 0.300. The quantitative estimate of drug-likeness (QED) is 0.910. The van der Waals surface area contributed by atoms with Gasteiger partial charge in [-0.15, -0.1) is 5.06 Å². The second-order valence-corrected chi connectivity index (χ2v) is 6.24. The second-order valence-electron chi connectivity index (χ2n) is 6.24. The zero-order valence-corrected chi connectivity index (χ0v) is 14.0. The monoisotopic (exact) mass is 339 g/mol. The summed E-state index contributed by atoms with van der Waals surface area (Å²) in [5, 5.41) is 10.6. The molecule has 130 valence electrons. The number of aliphatic hydroxyl groups excluding tert-OH is 1. The highest BCUT2D eigenvalue weighted by atomic mass is 16.7. The summed E-state index contributed by atoms with van der Waals surface area (Å²) in [6.45, 7) is 1.78. The minimum Gasteiger partial charge on any atom is -0.370 e. The summed E-state index contributed by atoms with van der Waals surface area (Å²) in [5.74, 6) is -1.63. The van der Waals surface area contributed by atoms with Crippen LogP contribution in [0.3, 0.4) is 0 Å². The summed E-state index contributed by atoms with van der Waals surface area (Å²) in [7, 11) is 0. The van der Waals surface area contributed by atoms with Gasteiger partial charge in [0.1, 0.15) is 0 Å². The topological polar surface area (TPSA) is 66.8 Å². The van der Waals surface area contributed by atoms with Crippen LogP contribution in [0.2, 0.25) is 0 Å². The maximum atomic E-state index is 12.7. The molecule has 0 saturated carbocycles. The lowest BCUT2D eigenvalue weighted by Crippen LogP contribution is -2.37. The number of amides is 1. The van der Waals surface area contributed by atoms with E-state index in [4.69, 9.17) is 4.84 Å². The Kier molecular flexibility index (Phi) is 5.14. The molecule has 25 heavy (non-hydrogen) atoms. The summed E-state index contributed by atoms with van der Waals surface area (Å²) >= 11 is 0. The van der Waals surface area contributed by atoms with E-state index in [9.17, 15) is 14.7 Å². The molecule has 1 amide bonds. The molecule has 0 aromatic heterocycles. The summed E-state index contributed by atoms with van der Waals surface area (Å²) in [6.07, 6.45) is -0.596. The van der Waals surface area contributed by atoms with Gasteiger partial charge in [0, 0.05) is 18.8 Å². The highest BCUT2D eigenvalue weighted by Crippen LogP contribution is 2.33. The normalized spacial score (nSPS) is 18.4. The van der Waals surface area contributed by atoms with Crippen LogP contribution in [-0.2, 0) is 14.4 Å². The van der Waals surface area contributed by atoms with Crippen LogP contribution in [0.5, 0.6) is 0 Å². The van der Waals surface area contributed by atoms with E-state index in [0.717, 1.165) is 16.2 Å². The first-order valence-electron chi connectivity index (χ1n) is 8.39. The highest BCUT2D eigenvalue weighted by Gasteiger charge is 2.36. The predicted molar refractivity (Wildman–Crippen MR) is 92.1 cm³/mol. The zero-order valence-electron chi connectivity index (χ0n) is 14.0. The van der Waals surface area contributed by atoms with Crippen molar-refractivity contribution in [3.05, 3.63) is 71.8 Å². The van der Waals surface area contributed by atoms with Gasteiger partial charge in [-0.2, -0.15) is 0 Å². The Morgan fingerprint density at radius 1 is 1.08 bits per heavy atom. The van der Waals surface area contributed by atoms with E-state index in [-0.39, 0.29) is 24.7 Å². The van der Waals surface area contributed by atoms with Crippen molar-refractivity contribution in [1.29, 1.82) is 0 Å². The minimum atomic E-state index is -1.06. The molecule has 2 unspecified atom stereocenters. The predicted octanol–water partition coefficient (Wildman–Crippen LogP) is 2.85. The van der Waals surface area contributed by atoms with Crippen LogP contribution >= 0.6 is 0 Å². The average Bonchev–Trinajstić information content (AvgIpc) is 2.95. The van der Waals surface area contributed by atoms with Gasteiger partial charge in [0.2, 0.25) is 0 Å². The molecule has 1 aliphatic heterocycles. The van der Waals surface area contributed by atoms with E-state index < -0.39 is 18.1 Å². The second kappa shape index (κ2) is 7.49. The molecule has 5 nitrogen and oxygen atoms in total. The number of hydrogen-bond acceptors (Lipinski definition) is 4. The van der Waals surface area contributed by atoms with Crippen LogP contribution in [0.25, 0.3) is 0 Å². The van der Waals surface area contributed by atoms with Crippen molar-refractivity contribution in [1.82, 2.24) is 5.06 Å². The first-order chi connectivity index (χ1) is 12.1. The number of hydrogen-bond donors (Lipinski definition) is 1. The Morgan fingerprint density at radius 3 is 2.04 bits per heavy atom. The van der Waals surface area contributed by atoms with Gasteiger partial charge in [-0.05, 0) is 11.1 Å². The standard InChI is InChI=1S/C20H21NO4/c1-14(20(24)25-21-17(22)12-13-18(21)23)19(15-8-4-2-5-9-15)16-10-6-3-7-11-16/h2-11,14,17,19,22H,12-13H2,1H3. The summed E-state index contributed by atoms with van der Waals surface area (Å²) in [4.78, 5) is 29.6. The van der Waals surface area contributed by atoms with Gasteiger partial charge in [-0.25, -0.2) is 4.79 Å². The van der Waals surface area contributed by atoms with Gasteiger partial charge in [0.15, 0.2) is 6.23 Å². The third-order valence-corrected chi connectivity index (χ3v) is 4.51. The number of hydroxylamine groups is 2. The van der Waals surface area contributed by atoms with Crippen LogP contribution in [0.1, 0.15) is 36.8 Å². The van der Waals surface area contributed by atoms with E-state index >= 15 is 0 Å². The summed E-state index contributed by atoms with van der Waals surface area (Å²) in [6, 6.07) is 19.4. The molecule has 5 heteroatoms. The van der Waals surface area contributed by atoms with E-state index in [1.165, 1.54) is 0 Å². The lowest BCUT2D eigenvalue weighted by Gasteiger charge is -2.26. The van der Waals surface area contributed by atoms with Crippen molar-refractivity contribution < 1.29 is 19.5 Å². The smallest absolute Gasteiger partial charge is 0.336 e. The van der Waals surface area contributed by atoms with Crippen molar-refractivity contribution in [3.63, 3.8) is 0 Å². The van der Waals surface area contributed by atoms with E-state index in [0.29, 0.717) is 0 Å².